The molecule has 0 bridgehead atoms. The summed E-state index contributed by atoms with van der Waals surface area (Å²) in [5.41, 5.74) is 0. The van der Waals surface area contributed by atoms with E-state index in [2.05, 4.69) is 0 Å². The van der Waals surface area contributed by atoms with Crippen LogP contribution in [0.3, 0.4) is 0 Å². The third kappa shape index (κ3) is 2.97. The van der Waals surface area contributed by atoms with Crippen molar-refractivity contribution in [3.63, 3.8) is 0 Å². The van der Waals surface area contributed by atoms with Crippen LogP contribution in [-0.2, 0) is 0 Å². The Morgan fingerprint density at radius 1 is 1.60 bits per heavy atom. The summed E-state index contributed by atoms with van der Waals surface area (Å²) in [6, 6.07) is 1.20. The Labute approximate surface area is 61.2 Å². The molecule has 0 radical (unpaired) electrons. The first kappa shape index (κ1) is 9.63. The van der Waals surface area contributed by atoms with Crippen molar-refractivity contribution in [1.82, 2.24) is 0 Å². The average Bonchev–Trinajstić information content (AvgIpc) is 1.80. The fourth-order valence-electron chi connectivity index (χ4n) is 0.372. The molecule has 0 aromatic carbocycles. The highest BCUT2D eigenvalue weighted by molar-refractivity contribution is 7.98. The van der Waals surface area contributed by atoms with Crippen molar-refractivity contribution in [3.8, 4) is 6.07 Å². The number of hydrogen-bond donors (Lipinski definition) is 0. The summed E-state index contributed by atoms with van der Waals surface area (Å²) >= 11 is 1.02. The van der Waals surface area contributed by atoms with Crippen molar-refractivity contribution < 1.29 is 13.2 Å². The highest BCUT2D eigenvalue weighted by Crippen LogP contribution is 2.27. The van der Waals surface area contributed by atoms with E-state index in [0.29, 0.717) is 0 Å². The zero-order valence-corrected chi connectivity index (χ0v) is 6.09. The molecule has 0 amide bonds. The van der Waals surface area contributed by atoms with Gasteiger partial charge < -0.3 is 0 Å². The minimum Gasteiger partial charge on any atom is -0.198 e. The summed E-state index contributed by atoms with van der Waals surface area (Å²) in [6.07, 6.45) is -2.83. The van der Waals surface area contributed by atoms with Gasteiger partial charge in [-0.3, -0.25) is 0 Å². The molecule has 1 nitrogen and oxygen atoms in total. The van der Waals surface area contributed by atoms with Gasteiger partial charge in [0.25, 0.3) is 0 Å². The second-order valence-corrected chi connectivity index (χ2v) is 2.59. The maximum Gasteiger partial charge on any atom is 0.405 e. The number of nitriles is 1. The molecular weight excluding hydrogens is 163 g/mol. The lowest BCUT2D eigenvalue weighted by Crippen LogP contribution is -2.23. The van der Waals surface area contributed by atoms with Gasteiger partial charge in [0.05, 0.1) is 6.07 Å². The normalized spacial score (nSPS) is 14.3. The van der Waals surface area contributed by atoms with Gasteiger partial charge in [0, 0.05) is 5.75 Å². The first-order valence-electron chi connectivity index (χ1n) is 2.47. The third-order valence-electron chi connectivity index (χ3n) is 0.884. The number of rotatable bonds is 2. The smallest absolute Gasteiger partial charge is 0.198 e. The van der Waals surface area contributed by atoms with Crippen LogP contribution in [0.4, 0.5) is 13.2 Å². The topological polar surface area (TPSA) is 23.8 Å². The molecule has 0 rings (SSSR count). The summed E-state index contributed by atoms with van der Waals surface area (Å²) in [7, 11) is 0. The molecule has 5 heteroatoms. The summed E-state index contributed by atoms with van der Waals surface area (Å²) in [5, 5.41) is 8.01. The molecule has 1 atom stereocenters. The lowest BCUT2D eigenvalue weighted by atomic mass is 10.2. The SMILES string of the molecule is CSCC(C#N)C(F)(F)F. The van der Waals surface area contributed by atoms with E-state index >= 15 is 0 Å². The molecule has 0 saturated heterocycles. The van der Waals surface area contributed by atoms with Crippen LogP contribution in [0.1, 0.15) is 0 Å². The molecular formula is C5H6F3NS. The van der Waals surface area contributed by atoms with Crippen LogP contribution < -0.4 is 0 Å². The predicted molar refractivity (Wildman–Crippen MR) is 33.5 cm³/mol. The maximum absolute atomic E-state index is 11.7. The zero-order valence-electron chi connectivity index (χ0n) is 5.27. The van der Waals surface area contributed by atoms with Gasteiger partial charge >= 0.3 is 6.18 Å². The lowest BCUT2D eigenvalue weighted by Gasteiger charge is -2.10. The van der Waals surface area contributed by atoms with Crippen LogP contribution in [0.2, 0.25) is 0 Å². The molecule has 0 saturated carbocycles. The highest BCUT2D eigenvalue weighted by atomic mass is 32.2. The Morgan fingerprint density at radius 2 is 2.10 bits per heavy atom. The molecule has 0 aliphatic rings. The van der Waals surface area contributed by atoms with Crippen LogP contribution >= 0.6 is 11.8 Å². The fraction of sp³-hybridized carbons (Fsp3) is 0.800. The second kappa shape index (κ2) is 3.71. The molecule has 0 N–H and O–H groups in total. The molecule has 0 aliphatic heterocycles. The Bertz CT molecular complexity index is 137. The number of alkyl halides is 3. The largest absolute Gasteiger partial charge is 0.405 e. The van der Waals surface area contributed by atoms with Gasteiger partial charge in [-0.2, -0.15) is 30.2 Å². The van der Waals surface area contributed by atoms with Gasteiger partial charge in [0.2, 0.25) is 0 Å². The van der Waals surface area contributed by atoms with E-state index in [-0.39, 0.29) is 5.75 Å². The van der Waals surface area contributed by atoms with Gasteiger partial charge in [-0.15, -0.1) is 0 Å². The Kier molecular flexibility index (Phi) is 3.58. The van der Waals surface area contributed by atoms with Crippen molar-refractivity contribution in [2.75, 3.05) is 12.0 Å². The molecule has 0 heterocycles. The van der Waals surface area contributed by atoms with E-state index in [9.17, 15) is 13.2 Å². The van der Waals surface area contributed by atoms with Crippen LogP contribution in [0.15, 0.2) is 0 Å². The number of hydrogen-bond acceptors (Lipinski definition) is 2. The molecule has 0 aromatic heterocycles. The Balaban J connectivity index is 3.98. The fourth-order valence-corrected chi connectivity index (χ4v) is 0.968. The molecule has 1 unspecified atom stereocenters. The summed E-state index contributed by atoms with van der Waals surface area (Å²) in [6.45, 7) is 0. The minimum absolute atomic E-state index is 0.181. The molecule has 0 fully saturated rings. The van der Waals surface area contributed by atoms with Crippen LogP contribution in [-0.4, -0.2) is 18.2 Å². The minimum atomic E-state index is -4.36. The average molecular weight is 169 g/mol. The van der Waals surface area contributed by atoms with E-state index in [4.69, 9.17) is 5.26 Å². The van der Waals surface area contributed by atoms with Crippen molar-refractivity contribution in [1.29, 1.82) is 5.26 Å². The maximum atomic E-state index is 11.7. The third-order valence-corrected chi connectivity index (χ3v) is 1.55. The molecule has 0 aliphatic carbocycles. The highest BCUT2D eigenvalue weighted by Gasteiger charge is 2.39. The van der Waals surface area contributed by atoms with Crippen LogP contribution in [0, 0.1) is 17.2 Å². The van der Waals surface area contributed by atoms with Gasteiger partial charge in [0.15, 0.2) is 5.92 Å². The van der Waals surface area contributed by atoms with E-state index in [1.807, 2.05) is 0 Å². The molecule has 0 spiro atoms. The number of thioether (sulfide) groups is 1. The van der Waals surface area contributed by atoms with E-state index in [1.165, 1.54) is 12.3 Å². The van der Waals surface area contributed by atoms with Crippen molar-refractivity contribution in [2.45, 2.75) is 6.18 Å². The predicted octanol–water partition coefficient (Wildman–Crippen LogP) is 2.05. The van der Waals surface area contributed by atoms with Crippen LogP contribution in [0.5, 0.6) is 0 Å². The van der Waals surface area contributed by atoms with Crippen molar-refractivity contribution >= 4 is 11.8 Å². The summed E-state index contributed by atoms with van der Waals surface area (Å²) < 4.78 is 35.0. The van der Waals surface area contributed by atoms with Crippen molar-refractivity contribution in [2.24, 2.45) is 5.92 Å². The Morgan fingerprint density at radius 3 is 2.20 bits per heavy atom. The summed E-state index contributed by atoms with van der Waals surface area (Å²) in [5.74, 6) is -2.00. The zero-order chi connectivity index (χ0) is 8.20. The number of nitrogens with zero attached hydrogens (tertiary/aromatic N) is 1. The molecule has 10 heavy (non-hydrogen) atoms. The monoisotopic (exact) mass is 169 g/mol. The van der Waals surface area contributed by atoms with E-state index in [1.54, 1.807) is 0 Å². The lowest BCUT2D eigenvalue weighted by molar-refractivity contribution is -0.152. The van der Waals surface area contributed by atoms with Gasteiger partial charge in [-0.05, 0) is 6.26 Å². The first-order valence-corrected chi connectivity index (χ1v) is 3.87. The summed E-state index contributed by atoms with van der Waals surface area (Å²) in [4.78, 5) is 0. The van der Waals surface area contributed by atoms with Gasteiger partial charge in [0.1, 0.15) is 0 Å². The first-order chi connectivity index (χ1) is 4.52. The van der Waals surface area contributed by atoms with Gasteiger partial charge in [-0.1, -0.05) is 0 Å². The number of halogens is 3. The Hall–Kier alpha value is -0.370. The van der Waals surface area contributed by atoms with E-state index < -0.39 is 12.1 Å². The van der Waals surface area contributed by atoms with Crippen molar-refractivity contribution in [3.05, 3.63) is 0 Å². The standard InChI is InChI=1S/C5H6F3NS/c1-10-3-4(2-9)5(6,7)8/h4H,3H2,1H3. The van der Waals surface area contributed by atoms with Gasteiger partial charge in [-0.25, -0.2) is 0 Å². The molecule has 58 valence electrons. The van der Waals surface area contributed by atoms with E-state index in [0.717, 1.165) is 11.8 Å². The van der Waals surface area contributed by atoms with Crippen LogP contribution in [0.25, 0.3) is 0 Å². The quantitative estimate of drug-likeness (QED) is 0.631. The second-order valence-electron chi connectivity index (χ2n) is 1.68. The molecule has 0 aromatic rings.